The summed E-state index contributed by atoms with van der Waals surface area (Å²) in [5.74, 6) is 0.283. The van der Waals surface area contributed by atoms with Crippen LogP contribution in [0.2, 0.25) is 0 Å². The van der Waals surface area contributed by atoms with E-state index >= 15 is 0 Å². The second kappa shape index (κ2) is 2.54. The molecule has 0 aliphatic heterocycles. The minimum atomic E-state index is 0.185. The summed E-state index contributed by atoms with van der Waals surface area (Å²) < 4.78 is 0. The number of hydrogen-bond donors (Lipinski definition) is 1. The maximum atomic E-state index is 9.77. The van der Waals surface area contributed by atoms with Gasteiger partial charge in [-0.2, -0.15) is 0 Å². The summed E-state index contributed by atoms with van der Waals surface area (Å²) in [5.41, 5.74) is 2.83. The molecule has 0 unspecified atom stereocenters. The Labute approximate surface area is 80.2 Å². The fraction of sp³-hybridized carbons (Fsp3) is 0.455. The third-order valence-corrected chi connectivity index (χ3v) is 2.93. The van der Waals surface area contributed by atoms with Crippen molar-refractivity contribution in [1.82, 2.24) is 0 Å². The van der Waals surface area contributed by atoms with Gasteiger partial charge < -0.3 is 5.11 Å². The number of hydrogen-bond acceptors (Lipinski definition) is 1. The van der Waals surface area contributed by atoms with Crippen LogP contribution in [0.3, 0.4) is 0 Å². The average molecular weight is 172 g/mol. The lowest BCUT2D eigenvalue weighted by molar-refractivity contribution is 0.465. The van der Waals surface area contributed by atoms with Crippen molar-refractivity contribution in [3.8, 4) is 5.75 Å². The Hall–Kier alpha value is -0.915. The third kappa shape index (κ3) is 1.34. The molecular formula is C11H13BO. The number of phenols is 1. The van der Waals surface area contributed by atoms with Crippen molar-refractivity contribution >= 4 is 13.3 Å². The highest BCUT2D eigenvalue weighted by Gasteiger charge is 2.41. The Kier molecular flexibility index (Phi) is 1.69. The minimum Gasteiger partial charge on any atom is -0.508 e. The highest BCUT2D eigenvalue weighted by molar-refractivity contribution is 6.34. The molecule has 0 saturated heterocycles. The summed E-state index contributed by atoms with van der Waals surface area (Å²) in [6.45, 7) is 4.17. The largest absolute Gasteiger partial charge is 0.508 e. The van der Waals surface area contributed by atoms with Gasteiger partial charge in [0.15, 0.2) is 0 Å². The molecule has 0 spiro atoms. The lowest BCUT2D eigenvalue weighted by Gasteiger charge is -2.14. The molecule has 66 valence electrons. The fourth-order valence-corrected chi connectivity index (χ4v) is 1.72. The fourth-order valence-electron chi connectivity index (χ4n) is 1.72. The molecule has 0 heterocycles. The SMILES string of the molecule is [B]c1cc(C)cc(C2(C)CC2)c1O. The Morgan fingerprint density at radius 1 is 1.38 bits per heavy atom. The molecule has 13 heavy (non-hydrogen) atoms. The molecule has 0 aromatic heterocycles. The van der Waals surface area contributed by atoms with Crippen LogP contribution in [-0.4, -0.2) is 13.0 Å². The first kappa shape index (κ1) is 8.67. The summed E-state index contributed by atoms with van der Waals surface area (Å²) >= 11 is 0. The van der Waals surface area contributed by atoms with Gasteiger partial charge in [0.05, 0.1) is 0 Å². The number of aromatic hydroxyl groups is 1. The Morgan fingerprint density at radius 2 is 2.00 bits per heavy atom. The third-order valence-electron chi connectivity index (χ3n) is 2.93. The van der Waals surface area contributed by atoms with E-state index in [9.17, 15) is 5.11 Å². The minimum absolute atomic E-state index is 0.185. The predicted octanol–water partition coefficient (Wildman–Crippen LogP) is 1.55. The molecule has 1 N–H and O–H groups in total. The van der Waals surface area contributed by atoms with Gasteiger partial charge in [-0.15, -0.1) is 0 Å². The maximum Gasteiger partial charge on any atom is 0.119 e. The van der Waals surface area contributed by atoms with Gasteiger partial charge in [0, 0.05) is 0 Å². The van der Waals surface area contributed by atoms with Gasteiger partial charge in [0.2, 0.25) is 0 Å². The second-order valence-corrected chi connectivity index (χ2v) is 4.31. The molecule has 2 rings (SSSR count). The average Bonchev–Trinajstić information content (AvgIpc) is 2.77. The van der Waals surface area contributed by atoms with Gasteiger partial charge in [-0.05, 0) is 30.7 Å². The van der Waals surface area contributed by atoms with E-state index < -0.39 is 0 Å². The van der Waals surface area contributed by atoms with Crippen LogP contribution in [0.4, 0.5) is 0 Å². The molecule has 1 saturated carbocycles. The zero-order chi connectivity index (χ0) is 9.64. The van der Waals surface area contributed by atoms with Crippen molar-refractivity contribution < 1.29 is 5.11 Å². The number of benzene rings is 1. The molecule has 0 atom stereocenters. The molecular weight excluding hydrogens is 159 g/mol. The normalized spacial score (nSPS) is 18.6. The van der Waals surface area contributed by atoms with Crippen molar-refractivity contribution in [3.05, 3.63) is 23.3 Å². The molecule has 1 nitrogen and oxygen atoms in total. The van der Waals surface area contributed by atoms with Crippen molar-refractivity contribution in [2.45, 2.75) is 32.1 Å². The van der Waals surface area contributed by atoms with Crippen LogP contribution in [0.25, 0.3) is 0 Å². The molecule has 1 aromatic carbocycles. The van der Waals surface area contributed by atoms with Gasteiger partial charge in [0.1, 0.15) is 13.6 Å². The van der Waals surface area contributed by atoms with E-state index in [1.165, 1.54) is 0 Å². The molecule has 1 fully saturated rings. The Balaban J connectivity index is 2.56. The van der Waals surface area contributed by atoms with E-state index in [-0.39, 0.29) is 11.2 Å². The van der Waals surface area contributed by atoms with Crippen molar-refractivity contribution in [2.75, 3.05) is 0 Å². The summed E-state index contributed by atoms with van der Waals surface area (Å²) in [6, 6.07) is 3.85. The van der Waals surface area contributed by atoms with Crippen LogP contribution in [0.5, 0.6) is 5.75 Å². The van der Waals surface area contributed by atoms with Crippen LogP contribution in [0.15, 0.2) is 12.1 Å². The van der Waals surface area contributed by atoms with Crippen molar-refractivity contribution in [2.24, 2.45) is 0 Å². The first-order valence-electron chi connectivity index (χ1n) is 4.62. The van der Waals surface area contributed by atoms with Gasteiger partial charge in [-0.1, -0.05) is 30.1 Å². The van der Waals surface area contributed by atoms with Crippen molar-refractivity contribution in [1.29, 1.82) is 0 Å². The Morgan fingerprint density at radius 3 is 2.54 bits per heavy atom. The Bertz CT molecular complexity index is 353. The van der Waals surface area contributed by atoms with Crippen LogP contribution < -0.4 is 5.46 Å². The smallest absolute Gasteiger partial charge is 0.119 e. The van der Waals surface area contributed by atoms with E-state index in [2.05, 4.69) is 6.92 Å². The first-order chi connectivity index (χ1) is 6.03. The summed E-state index contributed by atoms with van der Waals surface area (Å²) in [6.07, 6.45) is 2.31. The van der Waals surface area contributed by atoms with Gasteiger partial charge in [-0.3, -0.25) is 0 Å². The van der Waals surface area contributed by atoms with Gasteiger partial charge in [-0.25, -0.2) is 0 Å². The lowest BCUT2D eigenvalue weighted by Crippen LogP contribution is -2.11. The van der Waals surface area contributed by atoms with Gasteiger partial charge in [0.25, 0.3) is 0 Å². The highest BCUT2D eigenvalue weighted by Crippen LogP contribution is 2.50. The molecule has 0 bridgehead atoms. The van der Waals surface area contributed by atoms with Gasteiger partial charge >= 0.3 is 0 Å². The van der Waals surface area contributed by atoms with Crippen LogP contribution in [0, 0.1) is 6.92 Å². The quantitative estimate of drug-likeness (QED) is 0.637. The molecule has 2 heteroatoms. The monoisotopic (exact) mass is 172 g/mol. The second-order valence-electron chi connectivity index (χ2n) is 4.31. The lowest BCUT2D eigenvalue weighted by atomic mass is 9.86. The maximum absolute atomic E-state index is 9.77. The molecule has 1 aliphatic carbocycles. The summed E-state index contributed by atoms with van der Waals surface area (Å²) in [4.78, 5) is 0. The van der Waals surface area contributed by atoms with Crippen LogP contribution in [0.1, 0.15) is 30.9 Å². The molecule has 1 aromatic rings. The van der Waals surface area contributed by atoms with Crippen LogP contribution in [-0.2, 0) is 5.41 Å². The number of phenolic OH excluding ortho intramolecular Hbond substituents is 1. The number of aryl methyl sites for hydroxylation is 1. The molecule has 1 aliphatic rings. The molecule has 2 radical (unpaired) electrons. The summed E-state index contributed by atoms with van der Waals surface area (Å²) in [7, 11) is 5.70. The van der Waals surface area contributed by atoms with E-state index in [4.69, 9.17) is 7.85 Å². The highest BCUT2D eigenvalue weighted by atomic mass is 16.3. The topological polar surface area (TPSA) is 20.2 Å². The van der Waals surface area contributed by atoms with E-state index in [1.54, 1.807) is 0 Å². The zero-order valence-corrected chi connectivity index (χ0v) is 8.09. The van der Waals surface area contributed by atoms with E-state index in [1.807, 2.05) is 19.1 Å². The first-order valence-corrected chi connectivity index (χ1v) is 4.62. The standard InChI is InChI=1S/C11H13BO/c1-7-5-8(11(2)3-4-11)10(13)9(12)6-7/h5-6,13H,3-4H2,1-2H3. The van der Waals surface area contributed by atoms with Crippen LogP contribution >= 0.6 is 0 Å². The predicted molar refractivity (Wildman–Crippen MR) is 54.8 cm³/mol. The van der Waals surface area contributed by atoms with Crippen molar-refractivity contribution in [3.63, 3.8) is 0 Å². The van der Waals surface area contributed by atoms with E-state index in [0.717, 1.165) is 24.0 Å². The van der Waals surface area contributed by atoms with E-state index in [0.29, 0.717) is 5.46 Å². The zero-order valence-electron chi connectivity index (χ0n) is 8.09. The molecule has 0 amide bonds. The number of rotatable bonds is 1. The summed E-state index contributed by atoms with van der Waals surface area (Å²) in [5, 5.41) is 9.77.